The van der Waals surface area contributed by atoms with Crippen molar-refractivity contribution in [2.24, 2.45) is 5.73 Å². The molecular formula is C15H17N3OS. The molecule has 1 unspecified atom stereocenters. The zero-order valence-corrected chi connectivity index (χ0v) is 12.3. The van der Waals surface area contributed by atoms with Gasteiger partial charge in [-0.3, -0.25) is 0 Å². The van der Waals surface area contributed by atoms with Crippen LogP contribution in [0.3, 0.4) is 0 Å². The van der Waals surface area contributed by atoms with Gasteiger partial charge in [0.05, 0.1) is 6.04 Å². The van der Waals surface area contributed by atoms with E-state index < -0.39 is 0 Å². The van der Waals surface area contributed by atoms with Crippen molar-refractivity contribution in [3.63, 3.8) is 0 Å². The Morgan fingerprint density at radius 3 is 2.85 bits per heavy atom. The van der Waals surface area contributed by atoms with Gasteiger partial charge in [0.25, 0.3) is 0 Å². The van der Waals surface area contributed by atoms with Gasteiger partial charge in [-0.2, -0.15) is 0 Å². The van der Waals surface area contributed by atoms with Crippen LogP contribution < -0.4 is 11.1 Å². The number of amides is 2. The molecule has 1 aliphatic heterocycles. The molecule has 0 bridgehead atoms. The summed E-state index contributed by atoms with van der Waals surface area (Å²) in [6.07, 6.45) is 0. The summed E-state index contributed by atoms with van der Waals surface area (Å²) in [5.41, 5.74) is 9.40. The van der Waals surface area contributed by atoms with Crippen molar-refractivity contribution in [2.75, 3.05) is 12.4 Å². The fraction of sp³-hybridized carbons (Fsp3) is 0.267. The molecule has 20 heavy (non-hydrogen) atoms. The SMILES string of the molecule is Cc1ccc(C(N)c2ccc3c(c2)CN(C)C(=O)N3)s1. The number of rotatable bonds is 2. The van der Waals surface area contributed by atoms with Crippen molar-refractivity contribution in [1.29, 1.82) is 0 Å². The highest BCUT2D eigenvalue weighted by atomic mass is 32.1. The first-order chi connectivity index (χ1) is 9.54. The summed E-state index contributed by atoms with van der Waals surface area (Å²) >= 11 is 1.72. The summed E-state index contributed by atoms with van der Waals surface area (Å²) < 4.78 is 0. The van der Waals surface area contributed by atoms with Gasteiger partial charge in [-0.15, -0.1) is 11.3 Å². The Balaban J connectivity index is 1.92. The second-order valence-electron chi connectivity index (χ2n) is 5.13. The molecule has 1 atom stereocenters. The average Bonchev–Trinajstić information content (AvgIpc) is 2.85. The highest BCUT2D eigenvalue weighted by Crippen LogP contribution is 2.30. The minimum absolute atomic E-state index is 0.0663. The van der Waals surface area contributed by atoms with Crippen molar-refractivity contribution in [1.82, 2.24) is 4.90 Å². The molecule has 3 rings (SSSR count). The van der Waals surface area contributed by atoms with E-state index in [-0.39, 0.29) is 12.1 Å². The molecule has 1 aromatic heterocycles. The van der Waals surface area contributed by atoms with E-state index in [0.717, 1.165) is 21.7 Å². The van der Waals surface area contributed by atoms with Crippen LogP contribution in [0.1, 0.15) is 26.9 Å². The van der Waals surface area contributed by atoms with Gasteiger partial charge < -0.3 is 16.0 Å². The number of hydrogen-bond donors (Lipinski definition) is 2. The lowest BCUT2D eigenvalue weighted by Gasteiger charge is -2.26. The van der Waals surface area contributed by atoms with Crippen LogP contribution in [-0.2, 0) is 6.54 Å². The van der Waals surface area contributed by atoms with Gasteiger partial charge in [-0.25, -0.2) is 4.79 Å². The van der Waals surface area contributed by atoms with Crippen LogP contribution in [0.4, 0.5) is 10.5 Å². The number of thiophene rings is 1. The van der Waals surface area contributed by atoms with E-state index in [1.54, 1.807) is 23.3 Å². The average molecular weight is 287 g/mol. The molecule has 1 aromatic carbocycles. The third kappa shape index (κ3) is 2.30. The van der Waals surface area contributed by atoms with Crippen LogP contribution in [0, 0.1) is 6.92 Å². The fourth-order valence-electron chi connectivity index (χ4n) is 2.38. The van der Waals surface area contributed by atoms with Gasteiger partial charge in [0.2, 0.25) is 0 Å². The molecule has 0 saturated heterocycles. The number of benzene rings is 1. The second kappa shape index (κ2) is 4.92. The fourth-order valence-corrected chi connectivity index (χ4v) is 3.29. The number of nitrogens with two attached hydrogens (primary N) is 1. The largest absolute Gasteiger partial charge is 0.323 e. The van der Waals surface area contributed by atoms with E-state index in [1.807, 2.05) is 12.1 Å². The molecular weight excluding hydrogens is 270 g/mol. The Morgan fingerprint density at radius 1 is 1.35 bits per heavy atom. The Bertz CT molecular complexity index is 665. The Morgan fingerprint density at radius 2 is 2.15 bits per heavy atom. The van der Waals surface area contributed by atoms with Crippen molar-refractivity contribution in [3.8, 4) is 0 Å². The molecule has 2 amide bonds. The Kier molecular flexibility index (Phi) is 3.23. The summed E-state index contributed by atoms with van der Waals surface area (Å²) in [6.45, 7) is 2.70. The predicted molar refractivity (Wildman–Crippen MR) is 82.0 cm³/mol. The molecule has 5 heteroatoms. The zero-order valence-electron chi connectivity index (χ0n) is 11.5. The van der Waals surface area contributed by atoms with E-state index in [1.165, 1.54) is 4.88 Å². The maximum Gasteiger partial charge on any atom is 0.321 e. The van der Waals surface area contributed by atoms with Gasteiger partial charge >= 0.3 is 6.03 Å². The second-order valence-corrected chi connectivity index (χ2v) is 6.45. The van der Waals surface area contributed by atoms with Gasteiger partial charge in [0, 0.05) is 29.0 Å². The smallest absolute Gasteiger partial charge is 0.321 e. The first-order valence-corrected chi connectivity index (χ1v) is 7.33. The molecule has 104 valence electrons. The highest BCUT2D eigenvalue weighted by molar-refractivity contribution is 7.12. The summed E-state index contributed by atoms with van der Waals surface area (Å²) in [5.74, 6) is 0. The summed E-state index contributed by atoms with van der Waals surface area (Å²) in [5, 5.41) is 2.87. The number of hydrogen-bond acceptors (Lipinski definition) is 3. The summed E-state index contributed by atoms with van der Waals surface area (Å²) in [6, 6.07) is 10.0. The first-order valence-electron chi connectivity index (χ1n) is 6.51. The molecule has 3 N–H and O–H groups in total. The van der Waals surface area contributed by atoms with Crippen LogP contribution >= 0.6 is 11.3 Å². The third-order valence-corrected chi connectivity index (χ3v) is 4.64. The highest BCUT2D eigenvalue weighted by Gasteiger charge is 2.20. The van der Waals surface area contributed by atoms with Crippen molar-refractivity contribution in [3.05, 3.63) is 51.2 Å². The lowest BCUT2D eigenvalue weighted by Crippen LogP contribution is -2.35. The number of nitrogens with zero attached hydrogens (tertiary/aromatic N) is 1. The Labute approximate surface area is 122 Å². The molecule has 0 aliphatic carbocycles. The quantitative estimate of drug-likeness (QED) is 0.891. The van der Waals surface area contributed by atoms with Gasteiger partial charge in [-0.05, 0) is 42.3 Å². The number of carbonyl (C=O) groups excluding carboxylic acids is 1. The molecule has 0 spiro atoms. The molecule has 0 saturated carbocycles. The molecule has 4 nitrogen and oxygen atoms in total. The number of urea groups is 1. The lowest BCUT2D eigenvalue weighted by molar-refractivity contribution is 0.218. The van der Waals surface area contributed by atoms with Gasteiger partial charge in [0.1, 0.15) is 0 Å². The van der Waals surface area contributed by atoms with E-state index in [4.69, 9.17) is 5.73 Å². The molecule has 0 radical (unpaired) electrons. The van der Waals surface area contributed by atoms with Crippen LogP contribution in [-0.4, -0.2) is 18.0 Å². The van der Waals surface area contributed by atoms with E-state index in [9.17, 15) is 4.79 Å². The van der Waals surface area contributed by atoms with Gasteiger partial charge in [-0.1, -0.05) is 6.07 Å². The summed E-state index contributed by atoms with van der Waals surface area (Å²) in [7, 11) is 1.79. The minimum Gasteiger partial charge on any atom is -0.323 e. The lowest BCUT2D eigenvalue weighted by atomic mass is 10.0. The Hall–Kier alpha value is -1.85. The van der Waals surface area contributed by atoms with Crippen LogP contribution in [0.25, 0.3) is 0 Å². The first kappa shape index (κ1) is 13.1. The van der Waals surface area contributed by atoms with Crippen molar-refractivity contribution in [2.45, 2.75) is 19.5 Å². The van der Waals surface area contributed by atoms with E-state index >= 15 is 0 Å². The van der Waals surface area contributed by atoms with Gasteiger partial charge in [0.15, 0.2) is 0 Å². The number of nitrogens with one attached hydrogen (secondary N) is 1. The molecule has 2 heterocycles. The standard InChI is InChI=1S/C15H17N3OS/c1-9-3-6-13(20-9)14(16)10-4-5-12-11(7-10)8-18(2)15(19)17-12/h3-7,14H,8,16H2,1-2H3,(H,17,19). The van der Waals surface area contributed by atoms with Crippen LogP contribution in [0.2, 0.25) is 0 Å². The molecule has 1 aliphatic rings. The maximum atomic E-state index is 11.6. The minimum atomic E-state index is -0.109. The summed E-state index contributed by atoms with van der Waals surface area (Å²) in [4.78, 5) is 15.7. The van der Waals surface area contributed by atoms with E-state index in [0.29, 0.717) is 6.54 Å². The topological polar surface area (TPSA) is 58.4 Å². The number of fused-ring (bicyclic) bond motifs is 1. The van der Waals surface area contributed by atoms with Crippen molar-refractivity contribution < 1.29 is 4.79 Å². The van der Waals surface area contributed by atoms with Crippen molar-refractivity contribution >= 4 is 23.1 Å². The zero-order chi connectivity index (χ0) is 14.3. The molecule has 2 aromatic rings. The van der Waals surface area contributed by atoms with Crippen LogP contribution in [0.5, 0.6) is 0 Å². The van der Waals surface area contributed by atoms with Crippen LogP contribution in [0.15, 0.2) is 30.3 Å². The van der Waals surface area contributed by atoms with E-state index in [2.05, 4.69) is 30.4 Å². The number of carbonyl (C=O) groups is 1. The normalized spacial score (nSPS) is 15.8. The third-order valence-electron chi connectivity index (χ3n) is 3.55. The maximum absolute atomic E-state index is 11.6. The number of aryl methyl sites for hydroxylation is 1. The number of anilines is 1. The monoisotopic (exact) mass is 287 g/mol. The predicted octanol–water partition coefficient (Wildman–Crippen LogP) is 3.08. The molecule has 0 fully saturated rings.